The molecule has 0 saturated heterocycles. The van der Waals surface area contributed by atoms with Crippen molar-refractivity contribution in [1.82, 2.24) is 5.43 Å². The fourth-order valence-corrected chi connectivity index (χ4v) is 1.62. The van der Waals surface area contributed by atoms with Gasteiger partial charge in [0.05, 0.1) is 12.0 Å². The lowest BCUT2D eigenvalue weighted by Crippen LogP contribution is -2.25. The minimum Gasteiger partial charge on any atom is -0.465 e. The first-order chi connectivity index (χ1) is 10.2. The molecule has 108 valence electrons. The van der Waals surface area contributed by atoms with Gasteiger partial charge in [0, 0.05) is 0 Å². The molecular formula is C16H16N2O3. The number of benzene rings is 1. The van der Waals surface area contributed by atoms with Gasteiger partial charge in [-0.3, -0.25) is 4.79 Å². The molecule has 0 aliphatic carbocycles. The topological polar surface area (TPSA) is 74.8 Å². The summed E-state index contributed by atoms with van der Waals surface area (Å²) in [7, 11) is 0. The standard InChI is InChI=1S/C16H16N2O3/c1-12(9-10-14-8-5-11-21-14)17-18-16(20)15(19)13-6-3-2-4-7-13/h2-11,15,19H,1H3,(H,18,20)/b10-9+,17-12?/t15-/m0/s1. The van der Waals surface area contributed by atoms with E-state index in [0.29, 0.717) is 17.0 Å². The van der Waals surface area contributed by atoms with Gasteiger partial charge in [-0.25, -0.2) is 5.43 Å². The number of hydrogen-bond donors (Lipinski definition) is 2. The highest BCUT2D eigenvalue weighted by molar-refractivity contribution is 5.97. The van der Waals surface area contributed by atoms with Gasteiger partial charge >= 0.3 is 0 Å². The van der Waals surface area contributed by atoms with Crippen LogP contribution in [0.5, 0.6) is 0 Å². The molecule has 1 aromatic carbocycles. The number of carbonyl (C=O) groups is 1. The van der Waals surface area contributed by atoms with Gasteiger partial charge in [-0.15, -0.1) is 0 Å². The van der Waals surface area contributed by atoms with E-state index in [4.69, 9.17) is 4.42 Å². The van der Waals surface area contributed by atoms with E-state index < -0.39 is 12.0 Å². The average molecular weight is 284 g/mol. The number of hydrazone groups is 1. The largest absolute Gasteiger partial charge is 0.465 e. The van der Waals surface area contributed by atoms with Crippen molar-refractivity contribution in [3.05, 3.63) is 66.1 Å². The predicted molar refractivity (Wildman–Crippen MR) is 80.4 cm³/mol. The highest BCUT2D eigenvalue weighted by Gasteiger charge is 2.15. The van der Waals surface area contributed by atoms with E-state index >= 15 is 0 Å². The molecule has 5 nitrogen and oxygen atoms in total. The van der Waals surface area contributed by atoms with Crippen LogP contribution >= 0.6 is 0 Å². The molecule has 0 aliphatic heterocycles. The molecule has 0 aliphatic rings. The summed E-state index contributed by atoms with van der Waals surface area (Å²) in [6.45, 7) is 1.73. The van der Waals surface area contributed by atoms with Crippen LogP contribution in [0, 0.1) is 0 Å². The van der Waals surface area contributed by atoms with Crippen LogP contribution in [0.3, 0.4) is 0 Å². The normalized spacial score (nSPS) is 13.3. The summed E-state index contributed by atoms with van der Waals surface area (Å²) in [6, 6.07) is 12.3. The van der Waals surface area contributed by atoms with Crippen molar-refractivity contribution < 1.29 is 14.3 Å². The van der Waals surface area contributed by atoms with Gasteiger partial charge in [0.25, 0.3) is 5.91 Å². The van der Waals surface area contributed by atoms with Crippen LogP contribution in [0.2, 0.25) is 0 Å². The number of amides is 1. The van der Waals surface area contributed by atoms with Gasteiger partial charge < -0.3 is 9.52 Å². The SMILES string of the molecule is CC(/C=C/c1ccco1)=NNC(=O)[C@@H](O)c1ccccc1. The van der Waals surface area contributed by atoms with Crippen LogP contribution < -0.4 is 5.43 Å². The second kappa shape index (κ2) is 7.21. The number of nitrogens with one attached hydrogen (secondary N) is 1. The fourth-order valence-electron chi connectivity index (χ4n) is 1.62. The van der Waals surface area contributed by atoms with Gasteiger partial charge in [-0.1, -0.05) is 30.3 Å². The molecule has 1 heterocycles. The highest BCUT2D eigenvalue weighted by Crippen LogP contribution is 2.11. The number of aliphatic hydroxyl groups excluding tert-OH is 1. The Hall–Kier alpha value is -2.66. The third kappa shape index (κ3) is 4.43. The van der Waals surface area contributed by atoms with Crippen molar-refractivity contribution in [2.24, 2.45) is 5.10 Å². The second-order valence-electron chi connectivity index (χ2n) is 4.39. The van der Waals surface area contributed by atoms with E-state index in [0.717, 1.165) is 0 Å². The van der Waals surface area contributed by atoms with Crippen LogP contribution in [0.1, 0.15) is 24.4 Å². The van der Waals surface area contributed by atoms with E-state index in [9.17, 15) is 9.90 Å². The molecule has 5 heteroatoms. The Balaban J connectivity index is 1.92. The highest BCUT2D eigenvalue weighted by atomic mass is 16.3. The summed E-state index contributed by atoms with van der Waals surface area (Å²) in [4.78, 5) is 11.8. The minimum absolute atomic E-state index is 0.522. The number of allylic oxidation sites excluding steroid dienone is 1. The van der Waals surface area contributed by atoms with Crippen molar-refractivity contribution in [2.45, 2.75) is 13.0 Å². The van der Waals surface area contributed by atoms with Crippen LogP contribution in [-0.2, 0) is 4.79 Å². The third-order valence-corrected chi connectivity index (χ3v) is 2.74. The summed E-state index contributed by atoms with van der Waals surface area (Å²) in [5, 5.41) is 13.8. The Bertz CT molecular complexity index is 631. The van der Waals surface area contributed by atoms with Crippen molar-refractivity contribution >= 4 is 17.7 Å². The number of carbonyl (C=O) groups excluding carboxylic acids is 1. The van der Waals surface area contributed by atoms with Gasteiger partial charge in [-0.05, 0) is 36.8 Å². The van der Waals surface area contributed by atoms with Crippen LogP contribution in [-0.4, -0.2) is 16.7 Å². The Morgan fingerprint density at radius 3 is 2.71 bits per heavy atom. The Morgan fingerprint density at radius 2 is 2.05 bits per heavy atom. The molecule has 0 radical (unpaired) electrons. The Labute approximate surface area is 122 Å². The number of furan rings is 1. The maximum atomic E-state index is 11.8. The zero-order valence-corrected chi connectivity index (χ0v) is 11.6. The fraction of sp³-hybridized carbons (Fsp3) is 0.125. The van der Waals surface area contributed by atoms with E-state index in [1.54, 1.807) is 55.7 Å². The Kier molecular flexibility index (Phi) is 5.06. The van der Waals surface area contributed by atoms with Gasteiger partial charge in [-0.2, -0.15) is 5.10 Å². The van der Waals surface area contributed by atoms with Crippen molar-refractivity contribution in [3.8, 4) is 0 Å². The molecule has 2 N–H and O–H groups in total. The molecule has 2 rings (SSSR count). The zero-order valence-electron chi connectivity index (χ0n) is 11.6. The van der Waals surface area contributed by atoms with Crippen molar-refractivity contribution in [3.63, 3.8) is 0 Å². The van der Waals surface area contributed by atoms with Crippen LogP contribution in [0.25, 0.3) is 6.08 Å². The maximum Gasteiger partial charge on any atom is 0.273 e. The quantitative estimate of drug-likeness (QED) is 0.654. The van der Waals surface area contributed by atoms with Crippen LogP contribution in [0.4, 0.5) is 0 Å². The number of aliphatic hydroxyl groups is 1. The van der Waals surface area contributed by atoms with Crippen LogP contribution in [0.15, 0.2) is 64.3 Å². The summed E-state index contributed by atoms with van der Waals surface area (Å²) in [5.41, 5.74) is 3.43. The maximum absolute atomic E-state index is 11.8. The third-order valence-electron chi connectivity index (χ3n) is 2.74. The first-order valence-electron chi connectivity index (χ1n) is 6.45. The van der Waals surface area contributed by atoms with E-state index in [-0.39, 0.29) is 0 Å². The minimum atomic E-state index is -1.24. The molecule has 0 unspecified atom stereocenters. The number of rotatable bonds is 5. The predicted octanol–water partition coefficient (Wildman–Crippen LogP) is 2.52. The monoisotopic (exact) mass is 284 g/mol. The molecule has 0 saturated carbocycles. The lowest BCUT2D eigenvalue weighted by Gasteiger charge is -2.08. The molecule has 1 amide bonds. The van der Waals surface area contributed by atoms with Gasteiger partial charge in [0.15, 0.2) is 6.10 Å². The van der Waals surface area contributed by atoms with E-state index in [1.165, 1.54) is 0 Å². The van der Waals surface area contributed by atoms with E-state index in [2.05, 4.69) is 10.5 Å². The molecule has 0 spiro atoms. The summed E-state index contributed by atoms with van der Waals surface area (Å²) in [5.74, 6) is 0.118. The summed E-state index contributed by atoms with van der Waals surface area (Å²) < 4.78 is 5.14. The lowest BCUT2D eigenvalue weighted by atomic mass is 10.1. The van der Waals surface area contributed by atoms with Crippen molar-refractivity contribution in [2.75, 3.05) is 0 Å². The van der Waals surface area contributed by atoms with Gasteiger partial charge in [0.2, 0.25) is 0 Å². The smallest absolute Gasteiger partial charge is 0.273 e. The average Bonchev–Trinajstić information content (AvgIpc) is 3.04. The first kappa shape index (κ1) is 14.7. The molecular weight excluding hydrogens is 268 g/mol. The zero-order chi connectivity index (χ0) is 15.1. The molecule has 2 aromatic rings. The van der Waals surface area contributed by atoms with E-state index in [1.807, 2.05) is 12.1 Å². The summed E-state index contributed by atoms with van der Waals surface area (Å²) >= 11 is 0. The van der Waals surface area contributed by atoms with Gasteiger partial charge in [0.1, 0.15) is 5.76 Å². The lowest BCUT2D eigenvalue weighted by molar-refractivity contribution is -0.129. The molecule has 21 heavy (non-hydrogen) atoms. The molecule has 0 fully saturated rings. The number of nitrogens with zero attached hydrogens (tertiary/aromatic N) is 1. The summed E-state index contributed by atoms with van der Waals surface area (Å²) in [6.07, 6.45) is 3.77. The molecule has 1 atom stereocenters. The Morgan fingerprint density at radius 1 is 1.29 bits per heavy atom. The van der Waals surface area contributed by atoms with Crippen molar-refractivity contribution in [1.29, 1.82) is 0 Å². The molecule has 1 aromatic heterocycles. The first-order valence-corrected chi connectivity index (χ1v) is 6.45. The molecule has 0 bridgehead atoms. The second-order valence-corrected chi connectivity index (χ2v) is 4.39. The number of hydrogen-bond acceptors (Lipinski definition) is 4.